The molecule has 0 amide bonds. The highest BCUT2D eigenvalue weighted by Gasteiger charge is 2.12. The molecular formula is C19H21N5O. The molecule has 128 valence electrons. The fraction of sp³-hybridized carbons (Fsp3) is 0.158. The second-order valence-corrected chi connectivity index (χ2v) is 5.61. The van der Waals surface area contributed by atoms with Gasteiger partial charge >= 0.3 is 0 Å². The Morgan fingerprint density at radius 3 is 2.32 bits per heavy atom. The molecule has 0 fully saturated rings. The maximum Gasteiger partial charge on any atom is 0.159 e. The van der Waals surface area contributed by atoms with Crippen LogP contribution in [-0.2, 0) is 0 Å². The molecule has 0 saturated carbocycles. The zero-order chi connectivity index (χ0) is 17.6. The second kappa shape index (κ2) is 7.53. The van der Waals surface area contributed by atoms with Crippen molar-refractivity contribution >= 4 is 23.0 Å². The molecule has 1 heterocycles. The van der Waals surface area contributed by atoms with Crippen molar-refractivity contribution in [3.63, 3.8) is 0 Å². The first-order valence-corrected chi connectivity index (χ1v) is 8.00. The van der Waals surface area contributed by atoms with Gasteiger partial charge in [-0.25, -0.2) is 9.97 Å². The van der Waals surface area contributed by atoms with Crippen LogP contribution in [0.3, 0.4) is 0 Å². The molecule has 0 spiro atoms. The van der Waals surface area contributed by atoms with Gasteiger partial charge in [-0.2, -0.15) is 0 Å². The minimum Gasteiger partial charge on any atom is -0.497 e. The van der Waals surface area contributed by atoms with Gasteiger partial charge in [0.05, 0.1) is 13.2 Å². The van der Waals surface area contributed by atoms with Gasteiger partial charge in [-0.15, -0.1) is 0 Å². The molecule has 0 aliphatic heterocycles. The number of aromatic nitrogens is 2. The summed E-state index contributed by atoms with van der Waals surface area (Å²) < 4.78 is 5.16. The number of anilines is 4. The van der Waals surface area contributed by atoms with Gasteiger partial charge in [-0.1, -0.05) is 30.3 Å². The summed E-state index contributed by atoms with van der Waals surface area (Å²) in [4.78, 5) is 8.50. The maximum absolute atomic E-state index is 6.24. The second-order valence-electron chi connectivity index (χ2n) is 5.61. The molecule has 0 saturated heterocycles. The number of nitrogens with two attached hydrogens (primary N) is 1. The lowest BCUT2D eigenvalue weighted by molar-refractivity contribution is 0.415. The van der Waals surface area contributed by atoms with Crippen LogP contribution in [0.4, 0.5) is 23.0 Å². The number of hydrogen-bond acceptors (Lipinski definition) is 6. The van der Waals surface area contributed by atoms with Crippen LogP contribution in [0.5, 0.6) is 5.75 Å². The largest absolute Gasteiger partial charge is 0.497 e. The molecule has 2 aromatic carbocycles. The third kappa shape index (κ3) is 3.98. The van der Waals surface area contributed by atoms with Crippen LogP contribution in [0.25, 0.3) is 0 Å². The van der Waals surface area contributed by atoms with E-state index in [-0.39, 0.29) is 6.04 Å². The fourth-order valence-corrected chi connectivity index (χ4v) is 2.45. The van der Waals surface area contributed by atoms with Gasteiger partial charge in [0.1, 0.15) is 17.8 Å². The average molecular weight is 335 g/mol. The van der Waals surface area contributed by atoms with E-state index in [2.05, 4.69) is 39.7 Å². The van der Waals surface area contributed by atoms with Gasteiger partial charge in [-0.3, -0.25) is 0 Å². The number of methoxy groups -OCH3 is 1. The van der Waals surface area contributed by atoms with E-state index in [9.17, 15) is 0 Å². The summed E-state index contributed by atoms with van der Waals surface area (Å²) in [5, 5.41) is 6.54. The quantitative estimate of drug-likeness (QED) is 0.632. The van der Waals surface area contributed by atoms with Gasteiger partial charge in [0.15, 0.2) is 11.6 Å². The summed E-state index contributed by atoms with van der Waals surface area (Å²) in [6, 6.07) is 17.8. The number of ether oxygens (including phenoxy) is 1. The number of hydrogen-bond donors (Lipinski definition) is 3. The highest BCUT2D eigenvalue weighted by atomic mass is 16.5. The van der Waals surface area contributed by atoms with E-state index in [0.717, 1.165) is 17.0 Å². The maximum atomic E-state index is 6.24. The third-order valence-electron chi connectivity index (χ3n) is 3.89. The molecule has 0 radical (unpaired) electrons. The van der Waals surface area contributed by atoms with Crippen LogP contribution in [0.2, 0.25) is 0 Å². The molecule has 1 aromatic heterocycles. The van der Waals surface area contributed by atoms with Crippen molar-refractivity contribution in [1.82, 2.24) is 9.97 Å². The predicted octanol–water partition coefficient (Wildman–Crippen LogP) is 3.98. The lowest BCUT2D eigenvalue weighted by Crippen LogP contribution is -2.11. The van der Waals surface area contributed by atoms with Crippen LogP contribution >= 0.6 is 0 Å². The number of benzene rings is 2. The van der Waals surface area contributed by atoms with Gasteiger partial charge < -0.3 is 21.1 Å². The SMILES string of the molecule is COc1ccc(Nc2ncnc(NC(C)c3ccccc3)c2N)cc1. The zero-order valence-corrected chi connectivity index (χ0v) is 14.2. The molecule has 3 aromatic rings. The molecule has 6 nitrogen and oxygen atoms in total. The van der Waals surface area contributed by atoms with Crippen LogP contribution in [0.15, 0.2) is 60.9 Å². The number of nitrogens with zero attached hydrogens (tertiary/aromatic N) is 2. The van der Waals surface area contributed by atoms with Crippen molar-refractivity contribution in [3.8, 4) is 5.75 Å². The summed E-state index contributed by atoms with van der Waals surface area (Å²) >= 11 is 0. The van der Waals surface area contributed by atoms with Crippen LogP contribution in [-0.4, -0.2) is 17.1 Å². The summed E-state index contributed by atoms with van der Waals surface area (Å²) in [6.45, 7) is 2.06. The van der Waals surface area contributed by atoms with Crippen molar-refractivity contribution in [2.75, 3.05) is 23.5 Å². The third-order valence-corrected chi connectivity index (χ3v) is 3.89. The van der Waals surface area contributed by atoms with Gasteiger partial charge in [-0.05, 0) is 36.8 Å². The first-order chi connectivity index (χ1) is 12.2. The Morgan fingerprint density at radius 1 is 0.960 bits per heavy atom. The number of nitrogen functional groups attached to an aromatic ring is 1. The van der Waals surface area contributed by atoms with E-state index in [1.54, 1.807) is 7.11 Å². The Kier molecular flexibility index (Phi) is 4.99. The number of rotatable bonds is 6. The first-order valence-electron chi connectivity index (χ1n) is 8.00. The van der Waals surface area contributed by atoms with Crippen LogP contribution in [0, 0.1) is 0 Å². The molecule has 0 bridgehead atoms. The molecule has 3 rings (SSSR count). The molecule has 6 heteroatoms. The van der Waals surface area contributed by atoms with Crippen molar-refractivity contribution in [3.05, 3.63) is 66.5 Å². The lowest BCUT2D eigenvalue weighted by atomic mass is 10.1. The van der Waals surface area contributed by atoms with E-state index in [1.165, 1.54) is 6.33 Å². The van der Waals surface area contributed by atoms with Crippen molar-refractivity contribution in [2.24, 2.45) is 0 Å². The number of nitrogens with one attached hydrogen (secondary N) is 2. The average Bonchev–Trinajstić information content (AvgIpc) is 2.66. The van der Waals surface area contributed by atoms with Crippen molar-refractivity contribution in [1.29, 1.82) is 0 Å². The van der Waals surface area contributed by atoms with Crippen LogP contribution < -0.4 is 21.1 Å². The lowest BCUT2D eigenvalue weighted by Gasteiger charge is -2.17. The minimum atomic E-state index is 0.0761. The predicted molar refractivity (Wildman–Crippen MR) is 101 cm³/mol. The Morgan fingerprint density at radius 2 is 1.64 bits per heavy atom. The normalized spacial score (nSPS) is 11.6. The highest BCUT2D eigenvalue weighted by Crippen LogP contribution is 2.29. The molecule has 25 heavy (non-hydrogen) atoms. The minimum absolute atomic E-state index is 0.0761. The first kappa shape index (κ1) is 16.6. The zero-order valence-electron chi connectivity index (χ0n) is 14.2. The van der Waals surface area contributed by atoms with E-state index in [1.807, 2.05) is 42.5 Å². The standard InChI is InChI=1S/C19H21N5O/c1-13(14-6-4-3-5-7-14)23-18-17(20)19(22-12-21-18)24-15-8-10-16(25-2)11-9-15/h3-13H,20H2,1-2H3,(H2,21,22,23,24). The van der Waals surface area contributed by atoms with Crippen molar-refractivity contribution in [2.45, 2.75) is 13.0 Å². The Hall–Kier alpha value is -3.28. The van der Waals surface area contributed by atoms with E-state index >= 15 is 0 Å². The molecular weight excluding hydrogens is 314 g/mol. The topological polar surface area (TPSA) is 85.1 Å². The van der Waals surface area contributed by atoms with Crippen LogP contribution in [0.1, 0.15) is 18.5 Å². The van der Waals surface area contributed by atoms with E-state index < -0.39 is 0 Å². The summed E-state index contributed by atoms with van der Waals surface area (Å²) in [7, 11) is 1.64. The molecule has 0 aliphatic rings. The van der Waals surface area contributed by atoms with Gasteiger partial charge in [0.2, 0.25) is 0 Å². The highest BCUT2D eigenvalue weighted by molar-refractivity contribution is 5.77. The Balaban J connectivity index is 1.77. The molecule has 1 unspecified atom stereocenters. The Labute approximate surface area is 147 Å². The van der Waals surface area contributed by atoms with E-state index in [0.29, 0.717) is 17.3 Å². The van der Waals surface area contributed by atoms with E-state index in [4.69, 9.17) is 10.5 Å². The summed E-state index contributed by atoms with van der Waals surface area (Å²) in [6.07, 6.45) is 1.49. The summed E-state index contributed by atoms with van der Waals surface area (Å²) in [5.41, 5.74) is 8.74. The molecule has 4 N–H and O–H groups in total. The van der Waals surface area contributed by atoms with Crippen molar-refractivity contribution < 1.29 is 4.74 Å². The fourth-order valence-electron chi connectivity index (χ4n) is 2.45. The molecule has 0 aliphatic carbocycles. The Bertz CT molecular complexity index is 821. The smallest absolute Gasteiger partial charge is 0.159 e. The summed E-state index contributed by atoms with van der Waals surface area (Å²) in [5.74, 6) is 1.95. The monoisotopic (exact) mass is 335 g/mol. The van der Waals surface area contributed by atoms with Gasteiger partial charge in [0, 0.05) is 5.69 Å². The molecule has 1 atom stereocenters. The van der Waals surface area contributed by atoms with Gasteiger partial charge in [0.25, 0.3) is 0 Å².